The van der Waals surface area contributed by atoms with E-state index in [2.05, 4.69) is 24.1 Å². The predicted octanol–water partition coefficient (Wildman–Crippen LogP) is 3.46. The van der Waals surface area contributed by atoms with Gasteiger partial charge in [0.25, 0.3) is 0 Å². The van der Waals surface area contributed by atoms with Gasteiger partial charge in [-0.25, -0.2) is 0 Å². The maximum absolute atomic E-state index is 6.17. The monoisotopic (exact) mass is 283 g/mol. The first kappa shape index (κ1) is 14.2. The van der Waals surface area contributed by atoms with Gasteiger partial charge in [0.05, 0.1) is 5.60 Å². The van der Waals surface area contributed by atoms with Gasteiger partial charge in [-0.1, -0.05) is 25.7 Å². The van der Waals surface area contributed by atoms with Gasteiger partial charge in [0.2, 0.25) is 0 Å². The normalized spacial score (nSPS) is 38.1. The summed E-state index contributed by atoms with van der Waals surface area (Å²) in [5, 5.41) is 3.64. The Bertz CT molecular complexity index is 284. The van der Waals surface area contributed by atoms with Gasteiger partial charge in [-0.3, -0.25) is 0 Å². The Hall–Kier alpha value is 0.270. The summed E-state index contributed by atoms with van der Waals surface area (Å²) >= 11 is 2.09. The Balaban J connectivity index is 1.58. The van der Waals surface area contributed by atoms with Gasteiger partial charge < -0.3 is 10.1 Å². The molecule has 1 aliphatic carbocycles. The van der Waals surface area contributed by atoms with E-state index in [4.69, 9.17) is 4.74 Å². The SMILES string of the molecule is CNC(CC1CCCC1)C1CCOC2(CCSC2)C1. The van der Waals surface area contributed by atoms with Crippen LogP contribution in [0.2, 0.25) is 0 Å². The molecule has 19 heavy (non-hydrogen) atoms. The summed E-state index contributed by atoms with van der Waals surface area (Å²) in [5.41, 5.74) is 0.248. The first-order valence-electron chi connectivity index (χ1n) is 8.20. The van der Waals surface area contributed by atoms with E-state index in [0.717, 1.165) is 24.5 Å². The molecule has 3 atom stereocenters. The largest absolute Gasteiger partial charge is 0.374 e. The highest BCUT2D eigenvalue weighted by molar-refractivity contribution is 7.99. The van der Waals surface area contributed by atoms with E-state index in [0.29, 0.717) is 0 Å². The standard InChI is InChI=1S/C16H29NOS/c1-17-15(10-13-4-2-3-5-13)14-6-8-18-16(11-14)7-9-19-12-16/h13-15,17H,2-12H2,1H3. The summed E-state index contributed by atoms with van der Waals surface area (Å²) in [6, 6.07) is 0.731. The Morgan fingerprint density at radius 1 is 1.32 bits per heavy atom. The molecule has 1 spiro atoms. The lowest BCUT2D eigenvalue weighted by Crippen LogP contribution is -2.46. The fourth-order valence-corrected chi connectivity index (χ4v) is 5.80. The van der Waals surface area contributed by atoms with Gasteiger partial charge in [0, 0.05) is 18.4 Å². The molecule has 0 amide bonds. The van der Waals surface area contributed by atoms with E-state index in [1.807, 2.05) is 0 Å². The number of rotatable bonds is 4. The summed E-state index contributed by atoms with van der Waals surface area (Å²) in [6.45, 7) is 0.994. The molecule has 3 unspecified atom stereocenters. The van der Waals surface area contributed by atoms with Crippen molar-refractivity contribution in [3.8, 4) is 0 Å². The molecule has 3 rings (SSSR count). The minimum atomic E-state index is 0.248. The van der Waals surface area contributed by atoms with Gasteiger partial charge >= 0.3 is 0 Å². The molecular weight excluding hydrogens is 254 g/mol. The van der Waals surface area contributed by atoms with Crippen LogP contribution in [0, 0.1) is 11.8 Å². The van der Waals surface area contributed by atoms with Crippen molar-refractivity contribution in [1.82, 2.24) is 5.32 Å². The maximum Gasteiger partial charge on any atom is 0.0783 e. The summed E-state index contributed by atoms with van der Waals surface area (Å²) in [6.07, 6.45) is 11.1. The van der Waals surface area contributed by atoms with Crippen LogP contribution in [-0.2, 0) is 4.74 Å². The Labute approximate surface area is 122 Å². The Morgan fingerprint density at radius 3 is 2.84 bits per heavy atom. The zero-order chi connectivity index (χ0) is 13.1. The molecule has 0 aromatic rings. The first-order chi connectivity index (χ1) is 9.31. The maximum atomic E-state index is 6.17. The van der Waals surface area contributed by atoms with Crippen LogP contribution < -0.4 is 5.32 Å². The average Bonchev–Trinajstić information content (AvgIpc) is 3.08. The Kier molecular flexibility index (Phi) is 4.76. The lowest BCUT2D eigenvalue weighted by atomic mass is 9.78. The molecule has 3 fully saturated rings. The number of nitrogens with one attached hydrogen (secondary N) is 1. The third-order valence-corrected chi connectivity index (χ3v) is 6.82. The molecule has 3 heteroatoms. The first-order valence-corrected chi connectivity index (χ1v) is 9.36. The summed E-state index contributed by atoms with van der Waals surface area (Å²) in [7, 11) is 2.17. The van der Waals surface area contributed by atoms with Crippen LogP contribution >= 0.6 is 11.8 Å². The number of hydrogen-bond donors (Lipinski definition) is 1. The molecule has 3 aliphatic rings. The van der Waals surface area contributed by atoms with Crippen molar-refractivity contribution in [2.24, 2.45) is 11.8 Å². The summed E-state index contributed by atoms with van der Waals surface area (Å²) in [4.78, 5) is 0. The second-order valence-corrected chi connectivity index (χ2v) is 7.97. The van der Waals surface area contributed by atoms with Gasteiger partial charge in [-0.15, -0.1) is 0 Å². The number of ether oxygens (including phenoxy) is 1. The molecule has 1 N–H and O–H groups in total. The summed E-state index contributed by atoms with van der Waals surface area (Å²) in [5.74, 6) is 4.38. The molecule has 1 saturated carbocycles. The zero-order valence-corrected chi connectivity index (χ0v) is 13.1. The highest BCUT2D eigenvalue weighted by Gasteiger charge is 2.42. The molecule has 0 radical (unpaired) electrons. The minimum absolute atomic E-state index is 0.248. The third kappa shape index (κ3) is 3.30. The van der Waals surface area contributed by atoms with E-state index in [9.17, 15) is 0 Å². The highest BCUT2D eigenvalue weighted by atomic mass is 32.2. The van der Waals surface area contributed by atoms with Crippen molar-refractivity contribution in [2.75, 3.05) is 25.2 Å². The molecule has 2 heterocycles. The third-order valence-electron chi connectivity index (χ3n) is 5.60. The van der Waals surface area contributed by atoms with E-state index < -0.39 is 0 Å². The van der Waals surface area contributed by atoms with Crippen molar-refractivity contribution in [2.45, 2.75) is 63.0 Å². The van der Waals surface area contributed by atoms with Crippen LogP contribution in [0.4, 0.5) is 0 Å². The number of thioether (sulfide) groups is 1. The van der Waals surface area contributed by atoms with E-state index in [1.165, 1.54) is 62.9 Å². The van der Waals surface area contributed by atoms with Gasteiger partial charge in [-0.2, -0.15) is 11.8 Å². The molecule has 110 valence electrons. The molecule has 0 aromatic carbocycles. The lowest BCUT2D eigenvalue weighted by Gasteiger charge is -2.41. The quantitative estimate of drug-likeness (QED) is 0.854. The molecule has 0 aromatic heterocycles. The lowest BCUT2D eigenvalue weighted by molar-refractivity contribution is -0.0858. The molecule has 2 nitrogen and oxygen atoms in total. The van der Waals surface area contributed by atoms with Gasteiger partial charge in [0.1, 0.15) is 0 Å². The molecular formula is C16H29NOS. The van der Waals surface area contributed by atoms with Crippen molar-refractivity contribution in [3.05, 3.63) is 0 Å². The van der Waals surface area contributed by atoms with Gasteiger partial charge in [-0.05, 0) is 50.3 Å². The second-order valence-electron chi connectivity index (χ2n) is 6.87. The van der Waals surface area contributed by atoms with Gasteiger partial charge in [0.15, 0.2) is 0 Å². The van der Waals surface area contributed by atoms with Crippen LogP contribution in [0.3, 0.4) is 0 Å². The zero-order valence-electron chi connectivity index (χ0n) is 12.3. The Morgan fingerprint density at radius 2 is 2.16 bits per heavy atom. The van der Waals surface area contributed by atoms with Crippen molar-refractivity contribution in [3.63, 3.8) is 0 Å². The second kappa shape index (κ2) is 6.36. The fourth-order valence-electron chi connectivity index (χ4n) is 4.42. The molecule has 2 saturated heterocycles. The highest BCUT2D eigenvalue weighted by Crippen LogP contribution is 2.42. The van der Waals surface area contributed by atoms with Crippen molar-refractivity contribution in [1.29, 1.82) is 0 Å². The van der Waals surface area contributed by atoms with Crippen LogP contribution in [0.25, 0.3) is 0 Å². The predicted molar refractivity (Wildman–Crippen MR) is 82.8 cm³/mol. The topological polar surface area (TPSA) is 21.3 Å². The fraction of sp³-hybridized carbons (Fsp3) is 1.00. The van der Waals surface area contributed by atoms with E-state index in [-0.39, 0.29) is 5.60 Å². The minimum Gasteiger partial charge on any atom is -0.374 e. The van der Waals surface area contributed by atoms with Crippen LogP contribution in [0.1, 0.15) is 51.4 Å². The van der Waals surface area contributed by atoms with Crippen LogP contribution in [0.5, 0.6) is 0 Å². The van der Waals surface area contributed by atoms with Crippen LogP contribution in [-0.4, -0.2) is 36.8 Å². The molecule has 0 bridgehead atoms. The summed E-state index contributed by atoms with van der Waals surface area (Å²) < 4.78 is 6.17. The average molecular weight is 283 g/mol. The van der Waals surface area contributed by atoms with E-state index >= 15 is 0 Å². The smallest absolute Gasteiger partial charge is 0.0783 e. The van der Waals surface area contributed by atoms with Crippen molar-refractivity contribution < 1.29 is 4.74 Å². The van der Waals surface area contributed by atoms with E-state index in [1.54, 1.807) is 0 Å². The molecule has 2 aliphatic heterocycles. The van der Waals surface area contributed by atoms with Crippen LogP contribution in [0.15, 0.2) is 0 Å². The van der Waals surface area contributed by atoms with Crippen molar-refractivity contribution >= 4 is 11.8 Å². The number of hydrogen-bond acceptors (Lipinski definition) is 3.